The van der Waals surface area contributed by atoms with Crippen molar-refractivity contribution >= 4 is 17.3 Å². The standard InChI is InChI=1S/C18H18N8/c1-24(15-5-2-12(8-19)9-20-15)14-10-25(11-14)17-7-6-16-21-22-18(13-3-4-13)26(16)23-17/h2,5-7,9,13-14H,3-4,10-11H2,1H3. The molecule has 0 aromatic carbocycles. The number of nitriles is 1. The van der Waals surface area contributed by atoms with Crippen LogP contribution in [0.2, 0.25) is 0 Å². The minimum atomic E-state index is 0.372. The Morgan fingerprint density at radius 1 is 1.15 bits per heavy atom. The van der Waals surface area contributed by atoms with Crippen LogP contribution in [0, 0.1) is 11.3 Å². The molecule has 8 nitrogen and oxygen atoms in total. The van der Waals surface area contributed by atoms with Crippen molar-refractivity contribution < 1.29 is 0 Å². The third-order valence-corrected chi connectivity index (χ3v) is 5.19. The minimum Gasteiger partial charge on any atom is -0.353 e. The molecule has 3 aromatic heterocycles. The van der Waals surface area contributed by atoms with Crippen LogP contribution < -0.4 is 9.80 Å². The molecule has 0 bridgehead atoms. The number of anilines is 2. The van der Waals surface area contributed by atoms with Gasteiger partial charge in [-0.25, -0.2) is 4.98 Å². The summed E-state index contributed by atoms with van der Waals surface area (Å²) in [5, 5.41) is 22.1. The van der Waals surface area contributed by atoms with Gasteiger partial charge in [-0.05, 0) is 37.1 Å². The van der Waals surface area contributed by atoms with Crippen molar-refractivity contribution in [2.24, 2.45) is 0 Å². The molecular weight excluding hydrogens is 328 g/mol. The number of hydrogen-bond acceptors (Lipinski definition) is 7. The highest BCUT2D eigenvalue weighted by molar-refractivity contribution is 5.51. The van der Waals surface area contributed by atoms with E-state index in [2.05, 4.69) is 31.1 Å². The van der Waals surface area contributed by atoms with E-state index in [1.807, 2.05) is 29.8 Å². The maximum atomic E-state index is 8.88. The normalized spacial score (nSPS) is 17.2. The van der Waals surface area contributed by atoms with E-state index in [-0.39, 0.29) is 0 Å². The van der Waals surface area contributed by atoms with E-state index in [1.54, 1.807) is 12.3 Å². The molecule has 0 spiro atoms. The molecule has 0 unspecified atom stereocenters. The smallest absolute Gasteiger partial charge is 0.178 e. The first kappa shape index (κ1) is 15.1. The Bertz CT molecular complexity index is 992. The molecule has 2 aliphatic rings. The first-order chi connectivity index (χ1) is 12.7. The molecule has 1 saturated carbocycles. The summed E-state index contributed by atoms with van der Waals surface area (Å²) < 4.78 is 1.90. The van der Waals surface area contributed by atoms with Crippen molar-refractivity contribution in [3.63, 3.8) is 0 Å². The lowest BCUT2D eigenvalue weighted by atomic mass is 10.1. The summed E-state index contributed by atoms with van der Waals surface area (Å²) in [6.07, 6.45) is 3.98. The molecule has 3 aromatic rings. The lowest BCUT2D eigenvalue weighted by Gasteiger charge is -2.44. The third kappa shape index (κ3) is 2.44. The van der Waals surface area contributed by atoms with Crippen LogP contribution in [0.5, 0.6) is 0 Å². The van der Waals surface area contributed by atoms with Crippen molar-refractivity contribution in [1.29, 1.82) is 5.26 Å². The Morgan fingerprint density at radius 2 is 2.00 bits per heavy atom. The Hall–Kier alpha value is -3.21. The van der Waals surface area contributed by atoms with E-state index in [0.717, 1.165) is 36.2 Å². The van der Waals surface area contributed by atoms with E-state index in [4.69, 9.17) is 10.4 Å². The summed E-state index contributed by atoms with van der Waals surface area (Å²) >= 11 is 0. The zero-order valence-electron chi connectivity index (χ0n) is 14.4. The molecule has 1 aliphatic carbocycles. The van der Waals surface area contributed by atoms with Gasteiger partial charge in [-0.15, -0.1) is 15.3 Å². The molecule has 0 radical (unpaired) electrons. The highest BCUT2D eigenvalue weighted by atomic mass is 15.4. The van der Waals surface area contributed by atoms with Crippen LogP contribution in [0.25, 0.3) is 5.65 Å². The minimum absolute atomic E-state index is 0.372. The summed E-state index contributed by atoms with van der Waals surface area (Å²) in [7, 11) is 2.04. The highest BCUT2D eigenvalue weighted by Crippen LogP contribution is 2.38. The van der Waals surface area contributed by atoms with Gasteiger partial charge in [0, 0.05) is 32.3 Å². The van der Waals surface area contributed by atoms with E-state index in [0.29, 0.717) is 17.5 Å². The SMILES string of the molecule is CN(c1ccc(C#N)cn1)C1CN(c2ccc3nnc(C4CC4)n3n2)C1. The fourth-order valence-electron chi connectivity index (χ4n) is 3.30. The molecule has 130 valence electrons. The van der Waals surface area contributed by atoms with Gasteiger partial charge in [0.25, 0.3) is 0 Å². The van der Waals surface area contributed by atoms with Gasteiger partial charge < -0.3 is 9.80 Å². The Morgan fingerprint density at radius 3 is 2.69 bits per heavy atom. The fourth-order valence-corrected chi connectivity index (χ4v) is 3.30. The average molecular weight is 346 g/mol. The molecule has 8 heteroatoms. The van der Waals surface area contributed by atoms with Gasteiger partial charge >= 0.3 is 0 Å². The number of hydrogen-bond donors (Lipinski definition) is 0. The number of likely N-dealkylation sites (N-methyl/N-ethyl adjacent to an activating group) is 1. The number of aromatic nitrogens is 5. The van der Waals surface area contributed by atoms with Gasteiger partial charge in [0.1, 0.15) is 17.7 Å². The van der Waals surface area contributed by atoms with E-state index < -0.39 is 0 Å². The maximum absolute atomic E-state index is 8.88. The van der Waals surface area contributed by atoms with Gasteiger partial charge in [-0.3, -0.25) is 0 Å². The monoisotopic (exact) mass is 346 g/mol. The summed E-state index contributed by atoms with van der Waals surface area (Å²) in [5.74, 6) is 3.34. The fraction of sp³-hybridized carbons (Fsp3) is 0.389. The quantitative estimate of drug-likeness (QED) is 0.709. The zero-order valence-corrected chi connectivity index (χ0v) is 14.4. The predicted octanol–water partition coefficient (Wildman–Crippen LogP) is 1.59. The summed E-state index contributed by atoms with van der Waals surface area (Å²) in [4.78, 5) is 8.78. The molecule has 5 rings (SSSR count). The zero-order chi connectivity index (χ0) is 17.7. The Balaban J connectivity index is 1.30. The van der Waals surface area contributed by atoms with E-state index in [1.165, 1.54) is 12.8 Å². The van der Waals surface area contributed by atoms with Crippen LogP contribution in [0.1, 0.15) is 30.1 Å². The van der Waals surface area contributed by atoms with E-state index in [9.17, 15) is 0 Å². The Labute approximate surface area is 150 Å². The molecule has 0 amide bonds. The van der Waals surface area contributed by atoms with Crippen molar-refractivity contribution in [1.82, 2.24) is 24.8 Å². The Kier molecular flexibility index (Phi) is 3.28. The largest absolute Gasteiger partial charge is 0.353 e. The number of fused-ring (bicyclic) bond motifs is 1. The average Bonchev–Trinajstić information content (AvgIpc) is 3.40. The molecule has 0 atom stereocenters. The second-order valence-electron chi connectivity index (χ2n) is 6.98. The van der Waals surface area contributed by atoms with Gasteiger partial charge in [0.2, 0.25) is 0 Å². The van der Waals surface area contributed by atoms with Crippen molar-refractivity contribution in [2.75, 3.05) is 29.9 Å². The van der Waals surface area contributed by atoms with Crippen LogP contribution >= 0.6 is 0 Å². The van der Waals surface area contributed by atoms with Crippen molar-refractivity contribution in [3.8, 4) is 6.07 Å². The van der Waals surface area contributed by atoms with Crippen LogP contribution in [0.15, 0.2) is 30.5 Å². The molecule has 1 aliphatic heterocycles. The van der Waals surface area contributed by atoms with Gasteiger partial charge in [0.15, 0.2) is 11.5 Å². The molecule has 4 heterocycles. The summed E-state index contributed by atoms with van der Waals surface area (Å²) in [5.41, 5.74) is 1.39. The molecule has 1 saturated heterocycles. The number of nitrogens with zero attached hydrogens (tertiary/aromatic N) is 8. The third-order valence-electron chi connectivity index (χ3n) is 5.19. The first-order valence-corrected chi connectivity index (χ1v) is 8.79. The molecule has 2 fully saturated rings. The topological polar surface area (TPSA) is 86.2 Å². The highest BCUT2D eigenvalue weighted by Gasteiger charge is 2.33. The predicted molar refractivity (Wildman–Crippen MR) is 96.1 cm³/mol. The van der Waals surface area contributed by atoms with Crippen molar-refractivity contribution in [2.45, 2.75) is 24.8 Å². The summed E-state index contributed by atoms with van der Waals surface area (Å²) in [6, 6.07) is 10.2. The molecular formula is C18H18N8. The summed E-state index contributed by atoms with van der Waals surface area (Å²) in [6.45, 7) is 1.77. The van der Waals surface area contributed by atoms with E-state index >= 15 is 0 Å². The van der Waals surface area contributed by atoms with Crippen LogP contribution in [0.3, 0.4) is 0 Å². The maximum Gasteiger partial charge on any atom is 0.178 e. The second-order valence-corrected chi connectivity index (χ2v) is 6.98. The van der Waals surface area contributed by atoms with Gasteiger partial charge in [-0.1, -0.05) is 0 Å². The molecule has 0 N–H and O–H groups in total. The first-order valence-electron chi connectivity index (χ1n) is 8.79. The molecule has 26 heavy (non-hydrogen) atoms. The van der Waals surface area contributed by atoms with Crippen LogP contribution in [0.4, 0.5) is 11.6 Å². The van der Waals surface area contributed by atoms with Crippen LogP contribution in [-0.4, -0.2) is 51.0 Å². The lowest BCUT2D eigenvalue weighted by molar-refractivity contribution is 0.486. The number of rotatable bonds is 4. The van der Waals surface area contributed by atoms with Gasteiger partial charge in [-0.2, -0.15) is 9.78 Å². The number of pyridine rings is 1. The lowest BCUT2D eigenvalue weighted by Crippen LogP contribution is -2.59. The van der Waals surface area contributed by atoms with Crippen LogP contribution in [-0.2, 0) is 0 Å². The van der Waals surface area contributed by atoms with Gasteiger partial charge in [0.05, 0.1) is 11.6 Å². The van der Waals surface area contributed by atoms with Crippen molar-refractivity contribution in [3.05, 3.63) is 41.9 Å². The second kappa shape index (κ2) is 5.66.